The van der Waals surface area contributed by atoms with Gasteiger partial charge in [-0.3, -0.25) is 9.36 Å². The monoisotopic (exact) mass is 341 g/mol. The summed E-state index contributed by atoms with van der Waals surface area (Å²) in [5.74, 6) is 1.11. The van der Waals surface area contributed by atoms with Crippen LogP contribution in [0.2, 0.25) is 0 Å². The van der Waals surface area contributed by atoms with E-state index in [0.717, 1.165) is 28.3 Å². The molecule has 6 heteroatoms. The van der Waals surface area contributed by atoms with Gasteiger partial charge in [-0.05, 0) is 36.2 Å². The number of hydrogen-bond donors (Lipinski definition) is 0. The summed E-state index contributed by atoms with van der Waals surface area (Å²) < 4.78 is 23.1. The number of rotatable bonds is 5. The van der Waals surface area contributed by atoms with Gasteiger partial charge in [0.05, 0.1) is 17.5 Å². The van der Waals surface area contributed by atoms with Gasteiger partial charge in [0.25, 0.3) is 5.56 Å². The summed E-state index contributed by atoms with van der Waals surface area (Å²) in [4.78, 5) is 13.1. The van der Waals surface area contributed by atoms with E-state index < -0.39 is 0 Å². The Morgan fingerprint density at radius 3 is 2.76 bits per heavy atom. The molecule has 1 aromatic heterocycles. The van der Waals surface area contributed by atoms with E-state index in [-0.39, 0.29) is 19.1 Å². The van der Waals surface area contributed by atoms with E-state index in [2.05, 4.69) is 6.07 Å². The van der Waals surface area contributed by atoms with E-state index in [1.807, 2.05) is 24.3 Å². The zero-order chi connectivity index (χ0) is 17.4. The lowest BCUT2D eigenvalue weighted by molar-refractivity contribution is 0.132. The summed E-state index contributed by atoms with van der Waals surface area (Å²) in [6.07, 6.45) is 0.807. The Labute approximate surface area is 144 Å². The predicted molar refractivity (Wildman–Crippen MR) is 94.4 cm³/mol. The van der Waals surface area contributed by atoms with E-state index in [1.165, 1.54) is 0 Å². The minimum absolute atomic E-state index is 0.129. The molecule has 0 saturated carbocycles. The van der Waals surface area contributed by atoms with Crippen molar-refractivity contribution in [2.24, 2.45) is 0 Å². The summed E-state index contributed by atoms with van der Waals surface area (Å²) in [6, 6.07) is 9.86. The molecule has 0 atom stereocenters. The highest BCUT2D eigenvalue weighted by atomic mass is 16.7. The van der Waals surface area contributed by atoms with Crippen LogP contribution in [0.3, 0.4) is 0 Å². The zero-order valence-electron chi connectivity index (χ0n) is 14.2. The number of nitrogens with zero attached hydrogens (tertiary/aromatic N) is 1. The highest BCUT2D eigenvalue weighted by Crippen LogP contribution is 2.39. The number of aromatic nitrogens is 1. The van der Waals surface area contributed by atoms with Gasteiger partial charge in [0.15, 0.2) is 11.5 Å². The van der Waals surface area contributed by atoms with Crippen LogP contribution < -0.4 is 15.0 Å². The molecule has 6 nitrogen and oxygen atoms in total. The van der Waals surface area contributed by atoms with Crippen molar-refractivity contribution in [3.63, 3.8) is 0 Å². The van der Waals surface area contributed by atoms with Crippen LogP contribution in [-0.4, -0.2) is 32.2 Å². The molecule has 2 aromatic carbocycles. The van der Waals surface area contributed by atoms with Crippen LogP contribution in [0.15, 0.2) is 35.1 Å². The largest absolute Gasteiger partial charge is 0.454 e. The van der Waals surface area contributed by atoms with Gasteiger partial charge in [0, 0.05) is 25.0 Å². The van der Waals surface area contributed by atoms with Gasteiger partial charge in [0.2, 0.25) is 6.79 Å². The Balaban J connectivity index is 2.07. The average molecular weight is 341 g/mol. The van der Waals surface area contributed by atoms with Crippen molar-refractivity contribution in [1.29, 1.82) is 0 Å². The second kappa shape index (κ2) is 6.38. The molecule has 0 bridgehead atoms. The molecule has 4 rings (SSSR count). The maximum Gasteiger partial charge on any atom is 0.264 e. The molecule has 1 aliphatic heterocycles. The Morgan fingerprint density at radius 2 is 1.96 bits per heavy atom. The maximum absolute atomic E-state index is 13.1. The van der Waals surface area contributed by atoms with Gasteiger partial charge in [-0.15, -0.1) is 0 Å². The number of benzene rings is 2. The third-order valence-electron chi connectivity index (χ3n) is 4.49. The molecule has 3 aromatic rings. The maximum atomic E-state index is 13.1. The summed E-state index contributed by atoms with van der Waals surface area (Å²) in [6.45, 7) is 0.949. The highest BCUT2D eigenvalue weighted by Gasteiger charge is 2.22. The van der Waals surface area contributed by atoms with Crippen LogP contribution in [0.4, 0.5) is 0 Å². The van der Waals surface area contributed by atoms with Gasteiger partial charge in [-0.1, -0.05) is 6.07 Å². The minimum atomic E-state index is -0.142. The van der Waals surface area contributed by atoms with Crippen LogP contribution >= 0.6 is 0 Å². The van der Waals surface area contributed by atoms with Gasteiger partial charge >= 0.3 is 0 Å². The van der Waals surface area contributed by atoms with E-state index >= 15 is 0 Å². The number of ether oxygens (including phenoxy) is 4. The lowest BCUT2D eigenvalue weighted by atomic mass is 10.0. The van der Waals surface area contributed by atoms with Gasteiger partial charge in [-0.25, -0.2) is 0 Å². The third-order valence-corrected chi connectivity index (χ3v) is 4.49. The molecule has 1 aliphatic rings. The first kappa shape index (κ1) is 15.9. The quantitative estimate of drug-likeness (QED) is 0.668. The molecule has 0 saturated heterocycles. The van der Waals surface area contributed by atoms with Crippen LogP contribution in [0.5, 0.6) is 11.5 Å². The van der Waals surface area contributed by atoms with E-state index in [1.54, 1.807) is 18.8 Å². The standard InChI is InChI=1S/C19H19NO5/c1-22-8-7-12-3-5-15-14(9-12)13-4-6-16-18(25-11-24-16)17(13)19(21)20(15)10-23-2/h3-6,9H,7-8,10-11H2,1-2H3. The first-order valence-electron chi connectivity index (χ1n) is 8.10. The Morgan fingerprint density at radius 1 is 1.08 bits per heavy atom. The lowest BCUT2D eigenvalue weighted by Gasteiger charge is -2.14. The predicted octanol–water partition coefficient (Wildman–Crippen LogP) is 2.68. The molecular formula is C19H19NO5. The van der Waals surface area contributed by atoms with E-state index in [4.69, 9.17) is 18.9 Å². The van der Waals surface area contributed by atoms with Gasteiger partial charge < -0.3 is 18.9 Å². The summed E-state index contributed by atoms with van der Waals surface area (Å²) >= 11 is 0. The van der Waals surface area contributed by atoms with Crippen LogP contribution in [0, 0.1) is 0 Å². The molecule has 130 valence electrons. The molecule has 0 unspecified atom stereocenters. The summed E-state index contributed by atoms with van der Waals surface area (Å²) in [5.41, 5.74) is 1.84. The van der Waals surface area contributed by atoms with Crippen LogP contribution in [0.1, 0.15) is 5.56 Å². The lowest BCUT2D eigenvalue weighted by Crippen LogP contribution is -2.22. The Kier molecular flexibility index (Phi) is 4.07. The second-order valence-corrected chi connectivity index (χ2v) is 5.97. The SMILES string of the molecule is COCCc1ccc2c(c1)c1ccc3c(c1c(=O)n2COC)OCO3. The van der Waals surface area contributed by atoms with Crippen molar-refractivity contribution in [3.05, 3.63) is 46.2 Å². The normalized spacial score (nSPS) is 13.0. The summed E-state index contributed by atoms with van der Waals surface area (Å²) in [5, 5.41) is 2.37. The Bertz CT molecular complexity index is 1010. The summed E-state index contributed by atoms with van der Waals surface area (Å²) in [7, 11) is 3.26. The van der Waals surface area contributed by atoms with Gasteiger partial charge in [-0.2, -0.15) is 0 Å². The molecule has 0 fully saturated rings. The molecule has 2 heterocycles. The van der Waals surface area contributed by atoms with Crippen LogP contribution in [0.25, 0.3) is 21.7 Å². The third kappa shape index (κ3) is 2.54. The molecular weight excluding hydrogens is 322 g/mol. The number of methoxy groups -OCH3 is 2. The molecule has 0 amide bonds. The topological polar surface area (TPSA) is 58.9 Å². The van der Waals surface area contributed by atoms with Gasteiger partial charge in [0.1, 0.15) is 6.73 Å². The van der Waals surface area contributed by atoms with Crippen molar-refractivity contribution in [2.75, 3.05) is 27.6 Å². The molecule has 0 aliphatic carbocycles. The number of fused-ring (bicyclic) bond motifs is 5. The highest BCUT2D eigenvalue weighted by molar-refractivity contribution is 6.08. The van der Waals surface area contributed by atoms with Crippen molar-refractivity contribution < 1.29 is 18.9 Å². The first-order chi connectivity index (χ1) is 12.2. The molecule has 0 radical (unpaired) electrons. The zero-order valence-corrected chi connectivity index (χ0v) is 14.2. The molecule has 0 N–H and O–H groups in total. The van der Waals surface area contributed by atoms with Crippen molar-refractivity contribution in [1.82, 2.24) is 4.57 Å². The minimum Gasteiger partial charge on any atom is -0.454 e. The molecule has 25 heavy (non-hydrogen) atoms. The average Bonchev–Trinajstić information content (AvgIpc) is 3.11. The van der Waals surface area contributed by atoms with Crippen molar-refractivity contribution in [2.45, 2.75) is 13.2 Å². The fraction of sp³-hybridized carbons (Fsp3) is 0.316. The van der Waals surface area contributed by atoms with E-state index in [0.29, 0.717) is 23.5 Å². The smallest absolute Gasteiger partial charge is 0.264 e. The van der Waals surface area contributed by atoms with Crippen molar-refractivity contribution >= 4 is 21.7 Å². The Hall–Kier alpha value is -2.57. The fourth-order valence-electron chi connectivity index (χ4n) is 3.32. The first-order valence-corrected chi connectivity index (χ1v) is 8.10. The van der Waals surface area contributed by atoms with E-state index in [9.17, 15) is 4.79 Å². The fourth-order valence-corrected chi connectivity index (χ4v) is 3.32. The molecule has 0 spiro atoms. The second-order valence-electron chi connectivity index (χ2n) is 5.97. The number of pyridine rings is 1. The van der Waals surface area contributed by atoms with Crippen molar-refractivity contribution in [3.8, 4) is 11.5 Å². The number of hydrogen-bond acceptors (Lipinski definition) is 5. The van der Waals surface area contributed by atoms with Crippen LogP contribution in [-0.2, 0) is 22.6 Å².